The normalized spacial score (nSPS) is 10.6. The third kappa shape index (κ3) is 2.61. The Hall–Kier alpha value is -2.43. The van der Waals surface area contributed by atoms with Crippen molar-refractivity contribution < 1.29 is 9.90 Å². The highest BCUT2D eigenvalue weighted by Gasteiger charge is 2.15. The zero-order valence-electron chi connectivity index (χ0n) is 11.7. The van der Waals surface area contributed by atoms with Gasteiger partial charge in [0.05, 0.1) is 12.1 Å². The Bertz CT molecular complexity index is 715. The standard InChI is InChI=1S/C15H16N2O3/c1-9-6-13(18)17(11(3)14(9)15(19)20)8-12-5-4-10(2)16-7-12/h4-7H,8H2,1-3H3,(H,19,20). The molecule has 104 valence electrons. The molecule has 0 fully saturated rings. The summed E-state index contributed by atoms with van der Waals surface area (Å²) in [5, 5.41) is 9.24. The Morgan fingerprint density at radius 2 is 2.00 bits per heavy atom. The van der Waals surface area contributed by atoms with Crippen LogP contribution in [0.2, 0.25) is 0 Å². The van der Waals surface area contributed by atoms with Crippen LogP contribution in [0.4, 0.5) is 0 Å². The van der Waals surface area contributed by atoms with Gasteiger partial charge in [0.25, 0.3) is 5.56 Å². The molecule has 2 rings (SSSR count). The largest absolute Gasteiger partial charge is 0.478 e. The lowest BCUT2D eigenvalue weighted by atomic mass is 10.1. The van der Waals surface area contributed by atoms with Crippen LogP contribution in [0.15, 0.2) is 29.2 Å². The van der Waals surface area contributed by atoms with Gasteiger partial charge in [-0.3, -0.25) is 9.78 Å². The van der Waals surface area contributed by atoms with Gasteiger partial charge in [-0.2, -0.15) is 0 Å². The van der Waals surface area contributed by atoms with Gasteiger partial charge in [0.1, 0.15) is 0 Å². The fraction of sp³-hybridized carbons (Fsp3) is 0.267. The first-order chi connectivity index (χ1) is 9.40. The molecule has 5 nitrogen and oxygen atoms in total. The van der Waals surface area contributed by atoms with Crippen molar-refractivity contribution >= 4 is 5.97 Å². The number of hydrogen-bond acceptors (Lipinski definition) is 3. The van der Waals surface area contributed by atoms with Gasteiger partial charge in [-0.05, 0) is 38.0 Å². The highest BCUT2D eigenvalue weighted by Crippen LogP contribution is 2.12. The number of carbonyl (C=O) groups is 1. The van der Waals surface area contributed by atoms with Crippen LogP contribution in [0.1, 0.15) is 32.9 Å². The van der Waals surface area contributed by atoms with Gasteiger partial charge in [-0.1, -0.05) is 6.07 Å². The number of carboxylic acids is 1. The molecule has 0 aliphatic heterocycles. The predicted molar refractivity (Wildman–Crippen MR) is 75.2 cm³/mol. The van der Waals surface area contributed by atoms with E-state index in [1.165, 1.54) is 10.6 Å². The second kappa shape index (κ2) is 5.28. The highest BCUT2D eigenvalue weighted by molar-refractivity contribution is 5.90. The van der Waals surface area contributed by atoms with Crippen molar-refractivity contribution in [3.8, 4) is 0 Å². The van der Waals surface area contributed by atoms with Crippen LogP contribution < -0.4 is 5.56 Å². The number of carboxylic acid groups (broad SMARTS) is 1. The van der Waals surface area contributed by atoms with E-state index in [1.807, 2.05) is 19.1 Å². The predicted octanol–water partition coefficient (Wildman–Crippen LogP) is 1.92. The summed E-state index contributed by atoms with van der Waals surface area (Å²) in [5.74, 6) is -1.02. The fourth-order valence-corrected chi connectivity index (χ4v) is 2.22. The van der Waals surface area contributed by atoms with Crippen molar-refractivity contribution in [3.05, 3.63) is 62.8 Å². The number of aryl methyl sites for hydroxylation is 2. The van der Waals surface area contributed by atoms with E-state index >= 15 is 0 Å². The average Bonchev–Trinajstić information content (AvgIpc) is 2.36. The minimum atomic E-state index is -1.02. The van der Waals surface area contributed by atoms with Crippen molar-refractivity contribution in [1.82, 2.24) is 9.55 Å². The number of aromatic carboxylic acids is 1. The van der Waals surface area contributed by atoms with Crippen LogP contribution >= 0.6 is 0 Å². The SMILES string of the molecule is Cc1ccc(Cn2c(C)c(C(=O)O)c(C)cc2=O)cn1. The number of nitrogens with zero attached hydrogens (tertiary/aromatic N) is 2. The molecule has 2 heterocycles. The van der Waals surface area contributed by atoms with Crippen LogP contribution in [0.5, 0.6) is 0 Å². The lowest BCUT2D eigenvalue weighted by molar-refractivity contribution is 0.0694. The molecule has 0 saturated carbocycles. The molecule has 2 aromatic heterocycles. The molecule has 0 unspecified atom stereocenters. The summed E-state index contributed by atoms with van der Waals surface area (Å²) in [7, 11) is 0. The Morgan fingerprint density at radius 1 is 1.30 bits per heavy atom. The maximum Gasteiger partial charge on any atom is 0.337 e. The molecule has 2 aromatic rings. The summed E-state index contributed by atoms with van der Waals surface area (Å²) < 4.78 is 1.46. The topological polar surface area (TPSA) is 72.2 Å². The molecule has 0 radical (unpaired) electrons. The fourth-order valence-electron chi connectivity index (χ4n) is 2.22. The molecule has 0 aromatic carbocycles. The van der Waals surface area contributed by atoms with Crippen molar-refractivity contribution in [2.75, 3.05) is 0 Å². The van der Waals surface area contributed by atoms with E-state index in [4.69, 9.17) is 0 Å². The van der Waals surface area contributed by atoms with Crippen LogP contribution in [-0.2, 0) is 6.54 Å². The first-order valence-electron chi connectivity index (χ1n) is 6.26. The van der Waals surface area contributed by atoms with Gasteiger partial charge >= 0.3 is 5.97 Å². The molecule has 0 bridgehead atoms. The van der Waals surface area contributed by atoms with Gasteiger partial charge in [0.2, 0.25) is 0 Å². The molecule has 0 atom stereocenters. The Kier molecular flexibility index (Phi) is 3.70. The Labute approximate surface area is 116 Å². The van der Waals surface area contributed by atoms with Crippen molar-refractivity contribution in [2.24, 2.45) is 0 Å². The number of rotatable bonds is 3. The first kappa shape index (κ1) is 14.0. The summed E-state index contributed by atoms with van der Waals surface area (Å²) in [6.07, 6.45) is 1.70. The Morgan fingerprint density at radius 3 is 2.55 bits per heavy atom. The van der Waals surface area contributed by atoms with E-state index in [2.05, 4.69) is 4.98 Å². The molecule has 0 saturated heterocycles. The molecule has 5 heteroatoms. The molecular weight excluding hydrogens is 256 g/mol. The number of hydrogen-bond donors (Lipinski definition) is 1. The van der Waals surface area contributed by atoms with E-state index in [-0.39, 0.29) is 11.1 Å². The van der Waals surface area contributed by atoms with E-state index < -0.39 is 5.97 Å². The third-order valence-corrected chi connectivity index (χ3v) is 3.29. The molecular formula is C15H16N2O3. The summed E-state index contributed by atoms with van der Waals surface area (Å²) in [5.41, 5.74) is 2.69. The van der Waals surface area contributed by atoms with E-state index in [0.29, 0.717) is 17.8 Å². The van der Waals surface area contributed by atoms with Crippen molar-refractivity contribution in [3.63, 3.8) is 0 Å². The van der Waals surface area contributed by atoms with Gasteiger partial charge in [0, 0.05) is 23.7 Å². The van der Waals surface area contributed by atoms with Crippen LogP contribution in [0, 0.1) is 20.8 Å². The molecule has 0 spiro atoms. The average molecular weight is 272 g/mol. The third-order valence-electron chi connectivity index (χ3n) is 3.29. The van der Waals surface area contributed by atoms with Gasteiger partial charge < -0.3 is 9.67 Å². The zero-order chi connectivity index (χ0) is 14.9. The second-order valence-corrected chi connectivity index (χ2v) is 4.83. The van der Waals surface area contributed by atoms with Crippen LogP contribution in [-0.4, -0.2) is 20.6 Å². The molecule has 0 amide bonds. The monoisotopic (exact) mass is 272 g/mol. The van der Waals surface area contributed by atoms with Crippen LogP contribution in [0.25, 0.3) is 0 Å². The number of aromatic nitrogens is 2. The highest BCUT2D eigenvalue weighted by atomic mass is 16.4. The maximum absolute atomic E-state index is 12.1. The zero-order valence-corrected chi connectivity index (χ0v) is 11.7. The number of pyridine rings is 2. The molecule has 0 aliphatic rings. The van der Waals surface area contributed by atoms with E-state index in [1.54, 1.807) is 20.0 Å². The smallest absolute Gasteiger partial charge is 0.337 e. The maximum atomic E-state index is 12.1. The first-order valence-corrected chi connectivity index (χ1v) is 6.26. The molecule has 1 N–H and O–H groups in total. The summed E-state index contributed by atoms with van der Waals surface area (Å²) in [6, 6.07) is 5.11. The summed E-state index contributed by atoms with van der Waals surface area (Å²) in [6.45, 7) is 5.49. The summed E-state index contributed by atoms with van der Waals surface area (Å²) >= 11 is 0. The van der Waals surface area contributed by atoms with E-state index in [0.717, 1.165) is 11.3 Å². The summed E-state index contributed by atoms with van der Waals surface area (Å²) in [4.78, 5) is 27.5. The van der Waals surface area contributed by atoms with Gasteiger partial charge in [0.15, 0.2) is 0 Å². The van der Waals surface area contributed by atoms with Crippen molar-refractivity contribution in [2.45, 2.75) is 27.3 Å². The quantitative estimate of drug-likeness (QED) is 0.926. The van der Waals surface area contributed by atoms with E-state index in [9.17, 15) is 14.7 Å². The van der Waals surface area contributed by atoms with Gasteiger partial charge in [-0.15, -0.1) is 0 Å². The van der Waals surface area contributed by atoms with Crippen LogP contribution in [0.3, 0.4) is 0 Å². The van der Waals surface area contributed by atoms with Crippen molar-refractivity contribution in [1.29, 1.82) is 0 Å². The molecule has 20 heavy (non-hydrogen) atoms. The minimum absolute atomic E-state index is 0.185. The Balaban J connectivity index is 2.52. The molecule has 0 aliphatic carbocycles. The minimum Gasteiger partial charge on any atom is -0.478 e. The second-order valence-electron chi connectivity index (χ2n) is 4.83. The lowest BCUT2D eigenvalue weighted by Gasteiger charge is -2.14. The van der Waals surface area contributed by atoms with Gasteiger partial charge in [-0.25, -0.2) is 4.79 Å². The lowest BCUT2D eigenvalue weighted by Crippen LogP contribution is -2.26.